The summed E-state index contributed by atoms with van der Waals surface area (Å²) in [4.78, 5) is 11.3. The monoisotopic (exact) mass is 359 g/mol. The van der Waals surface area contributed by atoms with Gasteiger partial charge in [0.15, 0.2) is 0 Å². The van der Waals surface area contributed by atoms with E-state index in [1.807, 2.05) is 0 Å². The topological polar surface area (TPSA) is 80.7 Å². The minimum atomic E-state index is -3.89. The third kappa shape index (κ3) is 18.6. The van der Waals surface area contributed by atoms with E-state index in [1.165, 1.54) is 51.4 Å². The second-order valence-corrected chi connectivity index (χ2v) is 7.42. The van der Waals surface area contributed by atoms with E-state index in [0.717, 1.165) is 12.8 Å². The van der Waals surface area contributed by atoms with Crippen molar-refractivity contribution in [3.63, 3.8) is 0 Å². The Bertz CT molecular complexity index is 371. The van der Waals surface area contributed by atoms with Crippen LogP contribution in [0.15, 0.2) is 0 Å². The summed E-state index contributed by atoms with van der Waals surface area (Å²) in [5, 5.41) is 8.52. The molecule has 1 N–H and O–H groups in total. The van der Waals surface area contributed by atoms with Gasteiger partial charge in [-0.25, -0.2) is 0 Å². The molecule has 0 bridgehead atoms. The maximum Gasteiger partial charge on any atom is 1.00 e. The van der Waals surface area contributed by atoms with E-state index in [2.05, 4.69) is 11.1 Å². The van der Waals surface area contributed by atoms with Crippen molar-refractivity contribution in [1.29, 1.82) is 0 Å². The van der Waals surface area contributed by atoms with Gasteiger partial charge in [0.05, 0.1) is 6.61 Å². The number of carbonyl (C=O) groups is 1. The summed E-state index contributed by atoms with van der Waals surface area (Å²) >= 11 is 0. The van der Waals surface area contributed by atoms with E-state index < -0.39 is 28.4 Å². The van der Waals surface area contributed by atoms with Crippen molar-refractivity contribution in [2.75, 3.05) is 12.4 Å². The number of unbranched alkanes of at least 4 members (excludes halogenated alkanes) is 10. The summed E-state index contributed by atoms with van der Waals surface area (Å²) in [5.74, 6) is -1.25. The normalized spacial score (nSPS) is 11.0. The minimum Gasteiger partial charge on any atom is -0.395 e. The van der Waals surface area contributed by atoms with E-state index >= 15 is 0 Å². The Labute approximate surface area is 164 Å². The van der Waals surface area contributed by atoms with Gasteiger partial charge in [0.2, 0.25) is 0 Å². The molecule has 0 unspecified atom stereocenters. The van der Waals surface area contributed by atoms with Crippen LogP contribution in [0.3, 0.4) is 0 Å². The molecule has 0 spiro atoms. The molecule has 0 aromatic carbocycles. The van der Waals surface area contributed by atoms with Crippen molar-refractivity contribution >= 4 is 16.1 Å². The van der Waals surface area contributed by atoms with E-state index in [0.29, 0.717) is 6.42 Å². The van der Waals surface area contributed by atoms with Gasteiger partial charge in [0, 0.05) is 6.42 Å². The van der Waals surface area contributed by atoms with Crippen molar-refractivity contribution < 1.29 is 52.1 Å². The Balaban J connectivity index is 0. The van der Waals surface area contributed by atoms with Crippen LogP contribution in [-0.4, -0.2) is 31.9 Å². The van der Waals surface area contributed by atoms with Crippen LogP contribution < -0.4 is 29.6 Å². The van der Waals surface area contributed by atoms with Crippen LogP contribution in [0, 0.1) is 0 Å². The van der Waals surface area contributed by atoms with E-state index in [9.17, 15) is 13.2 Å². The number of aliphatic hydroxyl groups is 1. The first-order chi connectivity index (χ1) is 10.5. The summed E-state index contributed by atoms with van der Waals surface area (Å²) in [6.07, 6.45) is 13.1. The smallest absolute Gasteiger partial charge is 0.395 e. The van der Waals surface area contributed by atoms with Gasteiger partial charge in [-0.05, 0) is 6.42 Å². The third-order valence-corrected chi connectivity index (χ3v) is 4.67. The predicted octanol–water partition coefficient (Wildman–Crippen LogP) is 0.557. The molecule has 132 valence electrons. The van der Waals surface area contributed by atoms with Gasteiger partial charge in [-0.2, -0.15) is 8.42 Å². The summed E-state index contributed by atoms with van der Waals surface area (Å²) < 4.78 is 26.6. The molecule has 0 aliphatic carbocycles. The average Bonchev–Trinajstić information content (AvgIpc) is 2.44. The minimum absolute atomic E-state index is 0. The molecule has 23 heavy (non-hydrogen) atoms. The molecule has 0 amide bonds. The van der Waals surface area contributed by atoms with Crippen LogP contribution in [0.5, 0.6) is 0 Å². The van der Waals surface area contributed by atoms with Crippen molar-refractivity contribution in [3.8, 4) is 0 Å². The van der Waals surface area contributed by atoms with Gasteiger partial charge >= 0.3 is 45.6 Å². The molecule has 0 aromatic heterocycles. The van der Waals surface area contributed by atoms with Crippen molar-refractivity contribution in [1.82, 2.24) is 0 Å². The second-order valence-electron chi connectivity index (χ2n) is 5.73. The molecule has 0 aromatic rings. The number of hydrogen-bond acceptors (Lipinski definition) is 5. The maximum absolute atomic E-state index is 11.3. The van der Waals surface area contributed by atoms with Crippen LogP contribution in [0.2, 0.25) is 0 Å². The zero-order chi connectivity index (χ0) is 16.7. The molecule has 5 nitrogen and oxygen atoms in total. The number of aliphatic hydroxyl groups excluding tert-OH is 1. The van der Waals surface area contributed by atoms with Crippen molar-refractivity contribution in [3.05, 3.63) is 0 Å². The average molecular weight is 359 g/mol. The predicted molar refractivity (Wildman–Crippen MR) is 88.0 cm³/mol. The molecule has 0 rings (SSSR count). The molecule has 0 saturated carbocycles. The molecule has 0 heterocycles. The van der Waals surface area contributed by atoms with Gasteiger partial charge in [0.1, 0.15) is 5.75 Å². The Hall–Kier alpha value is 0.380. The molecule has 0 aliphatic heterocycles. The van der Waals surface area contributed by atoms with Gasteiger partial charge in [-0.15, -0.1) is 0 Å². The fourth-order valence-electron chi connectivity index (χ4n) is 2.27. The molecule has 0 atom stereocenters. The number of rotatable bonds is 15. The third-order valence-electron chi connectivity index (χ3n) is 3.55. The van der Waals surface area contributed by atoms with Gasteiger partial charge in [-0.1, -0.05) is 71.1 Å². The van der Waals surface area contributed by atoms with Crippen molar-refractivity contribution in [2.45, 2.75) is 84.0 Å². The van der Waals surface area contributed by atoms with Crippen LogP contribution >= 0.6 is 0 Å². The maximum atomic E-state index is 11.3. The Morgan fingerprint density at radius 2 is 1.30 bits per heavy atom. The van der Waals surface area contributed by atoms with Gasteiger partial charge < -0.3 is 9.29 Å². The van der Waals surface area contributed by atoms with E-state index in [1.54, 1.807) is 0 Å². The summed E-state index contributed by atoms with van der Waals surface area (Å²) in [6, 6.07) is 0. The SMILES string of the molecule is CCCCCCCCCCCCCC(=O)OS(=O)(=O)CCO.[Na+]. The zero-order valence-corrected chi connectivity index (χ0v) is 17.7. The van der Waals surface area contributed by atoms with Crippen LogP contribution in [0.25, 0.3) is 0 Å². The van der Waals surface area contributed by atoms with Crippen molar-refractivity contribution in [2.24, 2.45) is 0 Å². The summed E-state index contributed by atoms with van der Waals surface area (Å²) in [7, 11) is -3.89. The first-order valence-corrected chi connectivity index (χ1v) is 10.2. The van der Waals surface area contributed by atoms with E-state index in [4.69, 9.17) is 5.11 Å². The fourth-order valence-corrected chi connectivity index (χ4v) is 2.94. The summed E-state index contributed by atoms with van der Waals surface area (Å²) in [5.41, 5.74) is 0. The molecule has 0 fully saturated rings. The standard InChI is InChI=1S/C16H32O5S.Na/c1-2-3-4-5-6-7-8-9-10-11-12-13-16(18)21-22(19,20)15-14-17;/h17H,2-15H2,1H3;/q;+1. The molecule has 0 radical (unpaired) electrons. The first-order valence-electron chi connectivity index (χ1n) is 8.57. The number of carbonyl (C=O) groups excluding carboxylic acids is 1. The molecule has 0 aliphatic rings. The fraction of sp³-hybridized carbons (Fsp3) is 0.938. The van der Waals surface area contributed by atoms with Gasteiger partial charge in [-0.3, -0.25) is 4.79 Å². The quantitative estimate of drug-likeness (QED) is 0.262. The molecule has 7 heteroatoms. The van der Waals surface area contributed by atoms with Crippen LogP contribution in [0.4, 0.5) is 0 Å². The summed E-state index contributed by atoms with van der Waals surface area (Å²) in [6.45, 7) is 1.69. The first kappa shape index (κ1) is 25.6. The largest absolute Gasteiger partial charge is 1.00 e. The van der Waals surface area contributed by atoms with E-state index in [-0.39, 0.29) is 36.0 Å². The Morgan fingerprint density at radius 1 is 0.870 bits per heavy atom. The Kier molecular flexibility index (Phi) is 19.2. The zero-order valence-electron chi connectivity index (χ0n) is 14.9. The molecular formula is C16H32NaO5S+. The van der Waals surface area contributed by atoms with Crippen LogP contribution in [0.1, 0.15) is 84.0 Å². The van der Waals surface area contributed by atoms with Crippen LogP contribution in [-0.2, 0) is 19.1 Å². The van der Waals surface area contributed by atoms with Gasteiger partial charge in [0.25, 0.3) is 0 Å². The molecule has 0 saturated heterocycles. The Morgan fingerprint density at radius 3 is 1.74 bits per heavy atom. The molecular weight excluding hydrogens is 327 g/mol. The number of hydrogen-bond donors (Lipinski definition) is 1. The second kappa shape index (κ2) is 17.2.